The molecule has 158 valence electrons. The second kappa shape index (κ2) is 8.31. The zero-order valence-electron chi connectivity index (χ0n) is 17.3. The van der Waals surface area contributed by atoms with Crippen molar-refractivity contribution in [2.75, 3.05) is 12.9 Å². The van der Waals surface area contributed by atoms with Crippen LogP contribution in [0.4, 0.5) is 4.79 Å². The van der Waals surface area contributed by atoms with Gasteiger partial charge in [0.05, 0.1) is 29.4 Å². The third-order valence-corrected chi connectivity index (χ3v) is 6.77. The Kier molecular flexibility index (Phi) is 5.98. The lowest BCUT2D eigenvalue weighted by molar-refractivity contribution is -0.136. The van der Waals surface area contributed by atoms with Crippen molar-refractivity contribution in [3.63, 3.8) is 0 Å². The van der Waals surface area contributed by atoms with Gasteiger partial charge < -0.3 is 15.4 Å². The topological polar surface area (TPSA) is 102 Å². The number of urea groups is 1. The summed E-state index contributed by atoms with van der Waals surface area (Å²) < 4.78 is 31.2. The Morgan fingerprint density at radius 3 is 2.27 bits per heavy atom. The second-order valence-corrected chi connectivity index (χ2v) is 9.31. The fourth-order valence-corrected chi connectivity index (χ4v) is 5.10. The lowest BCUT2D eigenvalue weighted by atomic mass is 9.95. The van der Waals surface area contributed by atoms with Crippen molar-refractivity contribution in [2.45, 2.75) is 31.7 Å². The van der Waals surface area contributed by atoms with Gasteiger partial charge in [-0.25, -0.2) is 18.0 Å². The number of amides is 2. The van der Waals surface area contributed by atoms with Crippen LogP contribution < -0.4 is 10.6 Å². The largest absolute Gasteiger partial charge is 0.466 e. The number of carbonyl (C=O) groups is 2. The Hall–Kier alpha value is -3.13. The molecule has 2 N–H and O–H groups in total. The number of nitrogens with one attached hydrogen (secondary N) is 2. The number of carbonyl (C=O) groups excluding carboxylic acids is 2. The summed E-state index contributed by atoms with van der Waals surface area (Å²) in [5.74, 6) is -1.24. The van der Waals surface area contributed by atoms with Gasteiger partial charge in [-0.15, -0.1) is 0 Å². The molecule has 1 aliphatic rings. The maximum Gasteiger partial charge on any atom is 0.338 e. The van der Waals surface area contributed by atoms with E-state index in [1.165, 1.54) is 7.11 Å². The van der Waals surface area contributed by atoms with E-state index in [2.05, 4.69) is 10.6 Å². The van der Waals surface area contributed by atoms with Gasteiger partial charge >= 0.3 is 12.0 Å². The Balaban J connectivity index is 2.11. The Morgan fingerprint density at radius 2 is 1.67 bits per heavy atom. The molecule has 1 atom stereocenters. The number of rotatable bonds is 5. The van der Waals surface area contributed by atoms with Crippen LogP contribution in [0.15, 0.2) is 58.6 Å². The van der Waals surface area contributed by atoms with Crippen LogP contribution in [0.5, 0.6) is 0 Å². The molecule has 0 aromatic heterocycles. The van der Waals surface area contributed by atoms with Gasteiger partial charge in [-0.3, -0.25) is 0 Å². The molecule has 3 rings (SSSR count). The van der Waals surface area contributed by atoms with Crippen molar-refractivity contribution in [3.8, 4) is 0 Å². The molecule has 0 saturated heterocycles. The summed E-state index contributed by atoms with van der Waals surface area (Å²) in [4.78, 5) is 25.1. The standard InChI is InChI=1S/C22H24N2O5S/c1-13-5-8-16(9-6-13)20-19(21(25)29-4)17(23-22(26)24-20)12-30(27,28)18-10-7-14(2)11-15(18)3/h5-11,20H,12H2,1-4H3,(H2,23,24,26). The molecule has 0 aliphatic carbocycles. The van der Waals surface area contributed by atoms with Crippen LogP contribution in [0.1, 0.15) is 28.3 Å². The molecule has 2 aromatic carbocycles. The van der Waals surface area contributed by atoms with Crippen molar-refractivity contribution in [1.82, 2.24) is 10.6 Å². The van der Waals surface area contributed by atoms with Crippen molar-refractivity contribution < 1.29 is 22.7 Å². The molecule has 1 aliphatic heterocycles. The first kappa shape index (κ1) is 21.6. The zero-order valence-corrected chi connectivity index (χ0v) is 18.1. The molecule has 0 saturated carbocycles. The molecular weight excluding hydrogens is 404 g/mol. The van der Waals surface area contributed by atoms with Gasteiger partial charge in [0, 0.05) is 5.70 Å². The lowest BCUT2D eigenvalue weighted by Crippen LogP contribution is -2.47. The van der Waals surface area contributed by atoms with E-state index in [-0.39, 0.29) is 16.2 Å². The van der Waals surface area contributed by atoms with Gasteiger partial charge in [-0.1, -0.05) is 47.5 Å². The lowest BCUT2D eigenvalue weighted by Gasteiger charge is -2.29. The maximum absolute atomic E-state index is 13.1. The normalized spacial score (nSPS) is 16.7. The molecular formula is C22H24N2O5S. The fraction of sp³-hybridized carbons (Fsp3) is 0.273. The smallest absolute Gasteiger partial charge is 0.338 e. The third kappa shape index (κ3) is 4.38. The highest BCUT2D eigenvalue weighted by atomic mass is 32.2. The van der Waals surface area contributed by atoms with E-state index in [0.29, 0.717) is 11.1 Å². The molecule has 2 amide bonds. The molecule has 2 aromatic rings. The van der Waals surface area contributed by atoms with E-state index >= 15 is 0 Å². The van der Waals surface area contributed by atoms with Gasteiger partial charge in [0.1, 0.15) is 0 Å². The SMILES string of the molecule is COC(=O)C1=C(CS(=O)(=O)c2ccc(C)cc2C)NC(=O)NC1c1ccc(C)cc1. The Bertz CT molecular complexity index is 1130. The number of sulfone groups is 1. The molecule has 1 heterocycles. The van der Waals surface area contributed by atoms with Crippen LogP contribution in [-0.4, -0.2) is 33.3 Å². The van der Waals surface area contributed by atoms with Crippen LogP contribution >= 0.6 is 0 Å². The van der Waals surface area contributed by atoms with Crippen LogP contribution in [0.25, 0.3) is 0 Å². The number of aryl methyl sites for hydroxylation is 3. The molecule has 0 spiro atoms. The van der Waals surface area contributed by atoms with Crippen molar-refractivity contribution in [1.29, 1.82) is 0 Å². The highest BCUT2D eigenvalue weighted by molar-refractivity contribution is 7.91. The van der Waals surface area contributed by atoms with Gasteiger partial charge in [0.25, 0.3) is 0 Å². The van der Waals surface area contributed by atoms with E-state index in [9.17, 15) is 18.0 Å². The zero-order chi connectivity index (χ0) is 22.1. The number of hydrogen-bond acceptors (Lipinski definition) is 5. The number of benzene rings is 2. The Morgan fingerprint density at radius 1 is 1.03 bits per heavy atom. The molecule has 0 radical (unpaired) electrons. The number of ether oxygens (including phenoxy) is 1. The first-order valence-corrected chi connectivity index (χ1v) is 11.0. The predicted octanol–water partition coefficient (Wildman–Crippen LogP) is 2.87. The van der Waals surface area contributed by atoms with Crippen LogP contribution in [0, 0.1) is 20.8 Å². The first-order valence-electron chi connectivity index (χ1n) is 9.38. The van der Waals surface area contributed by atoms with E-state index in [1.54, 1.807) is 37.3 Å². The summed E-state index contributed by atoms with van der Waals surface area (Å²) in [7, 11) is -2.61. The van der Waals surface area contributed by atoms with Crippen LogP contribution in [0.2, 0.25) is 0 Å². The number of methoxy groups -OCH3 is 1. The minimum atomic E-state index is -3.83. The van der Waals surface area contributed by atoms with Crippen molar-refractivity contribution in [2.24, 2.45) is 0 Å². The summed E-state index contributed by atoms with van der Waals surface area (Å²) in [6.45, 7) is 5.51. The summed E-state index contributed by atoms with van der Waals surface area (Å²) in [5.41, 5.74) is 3.28. The van der Waals surface area contributed by atoms with E-state index in [1.807, 2.05) is 26.0 Å². The van der Waals surface area contributed by atoms with E-state index < -0.39 is 33.6 Å². The van der Waals surface area contributed by atoms with Crippen molar-refractivity contribution in [3.05, 3.63) is 76.0 Å². The average Bonchev–Trinajstić information content (AvgIpc) is 2.67. The van der Waals surface area contributed by atoms with Gasteiger partial charge in [-0.05, 0) is 38.0 Å². The summed E-state index contributed by atoms with van der Waals surface area (Å²) >= 11 is 0. The first-order chi connectivity index (χ1) is 14.1. The Labute approximate surface area is 176 Å². The molecule has 0 bridgehead atoms. The molecule has 1 unspecified atom stereocenters. The van der Waals surface area contributed by atoms with Crippen LogP contribution in [0.3, 0.4) is 0 Å². The van der Waals surface area contributed by atoms with E-state index in [0.717, 1.165) is 11.1 Å². The molecule has 7 nitrogen and oxygen atoms in total. The highest BCUT2D eigenvalue weighted by Crippen LogP contribution is 2.30. The summed E-state index contributed by atoms with van der Waals surface area (Å²) in [5, 5.41) is 5.19. The number of esters is 1. The number of hydrogen-bond donors (Lipinski definition) is 2. The molecule has 8 heteroatoms. The van der Waals surface area contributed by atoms with Crippen molar-refractivity contribution >= 4 is 21.8 Å². The van der Waals surface area contributed by atoms with Gasteiger partial charge in [-0.2, -0.15) is 0 Å². The monoisotopic (exact) mass is 428 g/mol. The minimum absolute atomic E-state index is 0.0103. The quantitative estimate of drug-likeness (QED) is 0.713. The summed E-state index contributed by atoms with van der Waals surface area (Å²) in [6, 6.07) is 10.9. The second-order valence-electron chi connectivity index (χ2n) is 7.35. The van der Waals surface area contributed by atoms with Gasteiger partial charge in [0.15, 0.2) is 9.84 Å². The van der Waals surface area contributed by atoms with Gasteiger partial charge in [0.2, 0.25) is 0 Å². The third-order valence-electron chi connectivity index (χ3n) is 4.97. The summed E-state index contributed by atoms with van der Waals surface area (Å²) in [6.07, 6.45) is 0. The fourth-order valence-electron chi connectivity index (χ4n) is 3.51. The molecule has 30 heavy (non-hydrogen) atoms. The minimum Gasteiger partial charge on any atom is -0.466 e. The van der Waals surface area contributed by atoms with E-state index in [4.69, 9.17) is 4.74 Å². The predicted molar refractivity (Wildman–Crippen MR) is 113 cm³/mol. The maximum atomic E-state index is 13.1. The average molecular weight is 429 g/mol. The highest BCUT2D eigenvalue weighted by Gasteiger charge is 2.35. The van der Waals surface area contributed by atoms with Crippen LogP contribution in [-0.2, 0) is 19.4 Å². The molecule has 0 fully saturated rings.